The third kappa shape index (κ3) is 4.39. The topological polar surface area (TPSA) is 91.6 Å². The van der Waals surface area contributed by atoms with Crippen molar-refractivity contribution in [2.75, 3.05) is 13.1 Å². The van der Waals surface area contributed by atoms with Gasteiger partial charge in [0.25, 0.3) is 5.91 Å². The number of amides is 1. The van der Waals surface area contributed by atoms with Crippen LogP contribution in [0.15, 0.2) is 45.6 Å². The Balaban J connectivity index is 1.70. The van der Waals surface area contributed by atoms with Crippen LogP contribution in [0, 0.1) is 6.92 Å². The Morgan fingerprint density at radius 1 is 1.31 bits per heavy atom. The number of nitrogens with one attached hydrogen (secondary N) is 2. The van der Waals surface area contributed by atoms with Gasteiger partial charge in [-0.3, -0.25) is 4.79 Å². The van der Waals surface area contributed by atoms with Gasteiger partial charge in [0.2, 0.25) is 0 Å². The number of aliphatic hydroxyl groups excluding tert-OH is 1. The highest BCUT2D eigenvalue weighted by atomic mass is 16.4. The van der Waals surface area contributed by atoms with Crippen LogP contribution in [0.25, 0.3) is 0 Å². The van der Waals surface area contributed by atoms with E-state index in [0.29, 0.717) is 37.3 Å². The van der Waals surface area contributed by atoms with Gasteiger partial charge in [0.05, 0.1) is 12.1 Å². The van der Waals surface area contributed by atoms with Crippen LogP contribution in [0.2, 0.25) is 0 Å². The first-order chi connectivity index (χ1) is 12.5. The van der Waals surface area contributed by atoms with Crippen LogP contribution < -0.4 is 16.3 Å². The monoisotopic (exact) mass is 356 g/mol. The molecule has 0 bridgehead atoms. The van der Waals surface area contributed by atoms with Crippen molar-refractivity contribution in [1.29, 1.82) is 0 Å². The fraction of sp³-hybridized carbons (Fsp3) is 0.400. The Morgan fingerprint density at radius 3 is 2.77 bits per heavy atom. The minimum absolute atomic E-state index is 0.00577. The number of hydrogen-bond donors (Lipinski definition) is 3. The Labute approximate surface area is 152 Å². The summed E-state index contributed by atoms with van der Waals surface area (Å²) in [4.78, 5) is 24.8. The Hall–Kier alpha value is -2.44. The molecule has 26 heavy (non-hydrogen) atoms. The second-order valence-corrected chi connectivity index (χ2v) is 6.68. The van der Waals surface area contributed by atoms with E-state index in [9.17, 15) is 14.7 Å². The van der Waals surface area contributed by atoms with Gasteiger partial charge >= 0.3 is 5.63 Å². The molecule has 6 nitrogen and oxygen atoms in total. The molecule has 0 aliphatic carbocycles. The first-order valence-corrected chi connectivity index (χ1v) is 8.92. The van der Waals surface area contributed by atoms with E-state index in [0.717, 1.165) is 12.0 Å². The molecular formula is C20H24N2O4. The van der Waals surface area contributed by atoms with Gasteiger partial charge in [0, 0.05) is 13.0 Å². The number of hydrogen-bond acceptors (Lipinski definition) is 5. The average molecular weight is 356 g/mol. The smallest absolute Gasteiger partial charge is 0.349 e. The maximum Gasteiger partial charge on any atom is 0.349 e. The normalized spacial score (nSPS) is 19.9. The lowest BCUT2D eigenvalue weighted by Gasteiger charge is -2.29. The predicted octanol–water partition coefficient (Wildman–Crippen LogP) is 1.19. The van der Waals surface area contributed by atoms with E-state index in [1.807, 2.05) is 30.3 Å². The highest BCUT2D eigenvalue weighted by Crippen LogP contribution is 2.12. The number of carbonyl (C=O) groups excluding carboxylic acids is 1. The second-order valence-electron chi connectivity index (χ2n) is 6.68. The van der Waals surface area contributed by atoms with E-state index in [1.54, 1.807) is 13.0 Å². The average Bonchev–Trinajstić information content (AvgIpc) is 2.62. The third-order valence-corrected chi connectivity index (χ3v) is 4.69. The largest absolute Gasteiger partial charge is 0.427 e. The van der Waals surface area contributed by atoms with E-state index in [2.05, 4.69) is 10.6 Å². The van der Waals surface area contributed by atoms with Crippen LogP contribution >= 0.6 is 0 Å². The Bertz CT molecular complexity index is 816. The van der Waals surface area contributed by atoms with Gasteiger partial charge in [-0.15, -0.1) is 0 Å². The van der Waals surface area contributed by atoms with Gasteiger partial charge < -0.3 is 20.2 Å². The number of piperidine rings is 1. The standard InChI is InChI=1S/C20H24N2O4/c1-13-11-15(8-7-14-5-3-2-4-6-14)26-20(25)18(13)19(24)22-16-12-21-10-9-17(16)23/h2-6,11,16-17,21,23H,7-10,12H2,1H3,(H,22,24)/t16-,17+/m0/s1. The first kappa shape index (κ1) is 18.4. The summed E-state index contributed by atoms with van der Waals surface area (Å²) >= 11 is 0. The number of carbonyl (C=O) groups is 1. The van der Waals surface area contributed by atoms with Crippen LogP contribution in [-0.2, 0) is 12.8 Å². The van der Waals surface area contributed by atoms with Crippen molar-refractivity contribution >= 4 is 5.91 Å². The zero-order valence-electron chi connectivity index (χ0n) is 14.8. The van der Waals surface area contributed by atoms with Crippen molar-refractivity contribution in [3.8, 4) is 0 Å². The lowest BCUT2D eigenvalue weighted by atomic mass is 10.0. The van der Waals surface area contributed by atoms with Crippen LogP contribution in [0.1, 0.15) is 33.7 Å². The van der Waals surface area contributed by atoms with Crippen molar-refractivity contribution in [1.82, 2.24) is 10.6 Å². The van der Waals surface area contributed by atoms with Gasteiger partial charge in [-0.05, 0) is 43.5 Å². The molecule has 2 aromatic rings. The van der Waals surface area contributed by atoms with Crippen molar-refractivity contribution in [3.05, 3.63) is 69.3 Å². The minimum atomic E-state index is -0.635. The zero-order valence-corrected chi connectivity index (χ0v) is 14.8. The highest BCUT2D eigenvalue weighted by Gasteiger charge is 2.26. The summed E-state index contributed by atoms with van der Waals surface area (Å²) in [5, 5.41) is 15.8. The van der Waals surface area contributed by atoms with Crippen molar-refractivity contribution < 1.29 is 14.3 Å². The molecule has 2 atom stereocenters. The van der Waals surface area contributed by atoms with E-state index in [4.69, 9.17) is 4.42 Å². The van der Waals surface area contributed by atoms with Crippen molar-refractivity contribution in [2.45, 2.75) is 38.3 Å². The summed E-state index contributed by atoms with van der Waals surface area (Å²) in [6.07, 6.45) is 1.30. The van der Waals surface area contributed by atoms with Crippen LogP contribution in [0.3, 0.4) is 0 Å². The van der Waals surface area contributed by atoms with E-state index < -0.39 is 23.7 Å². The predicted molar refractivity (Wildman–Crippen MR) is 98.3 cm³/mol. The molecule has 0 unspecified atom stereocenters. The summed E-state index contributed by atoms with van der Waals surface area (Å²) in [5.41, 5.74) is 1.11. The molecular weight excluding hydrogens is 332 g/mol. The van der Waals surface area contributed by atoms with Gasteiger partial charge in [0.15, 0.2) is 0 Å². The van der Waals surface area contributed by atoms with E-state index in [-0.39, 0.29) is 5.56 Å². The van der Waals surface area contributed by atoms with Gasteiger partial charge in [-0.2, -0.15) is 0 Å². The maximum atomic E-state index is 12.5. The SMILES string of the molecule is Cc1cc(CCc2ccccc2)oc(=O)c1C(=O)N[C@H]1CNCC[C@H]1O. The fourth-order valence-electron chi connectivity index (χ4n) is 3.21. The summed E-state index contributed by atoms with van der Waals surface area (Å²) in [5.74, 6) is 0.0610. The summed E-state index contributed by atoms with van der Waals surface area (Å²) in [6, 6.07) is 11.3. The van der Waals surface area contributed by atoms with Crippen LogP contribution in [-0.4, -0.2) is 36.2 Å². The molecule has 1 aliphatic heterocycles. The zero-order chi connectivity index (χ0) is 18.5. The summed E-state index contributed by atoms with van der Waals surface area (Å²) in [7, 11) is 0. The molecule has 138 valence electrons. The number of benzene rings is 1. The fourth-order valence-corrected chi connectivity index (χ4v) is 3.21. The summed E-state index contributed by atoms with van der Waals surface area (Å²) in [6.45, 7) is 2.92. The molecule has 1 aromatic carbocycles. The van der Waals surface area contributed by atoms with Gasteiger partial charge in [-0.1, -0.05) is 30.3 Å². The number of aliphatic hydroxyl groups is 1. The molecule has 1 aliphatic rings. The number of aryl methyl sites for hydroxylation is 3. The van der Waals surface area contributed by atoms with E-state index >= 15 is 0 Å². The quantitative estimate of drug-likeness (QED) is 0.748. The molecule has 1 amide bonds. The third-order valence-electron chi connectivity index (χ3n) is 4.69. The molecule has 1 fully saturated rings. The molecule has 1 aromatic heterocycles. The van der Waals surface area contributed by atoms with Gasteiger partial charge in [-0.25, -0.2) is 4.79 Å². The van der Waals surface area contributed by atoms with Crippen molar-refractivity contribution in [3.63, 3.8) is 0 Å². The Morgan fingerprint density at radius 2 is 2.08 bits per heavy atom. The summed E-state index contributed by atoms with van der Waals surface area (Å²) < 4.78 is 5.35. The molecule has 3 rings (SSSR count). The minimum Gasteiger partial charge on any atom is -0.427 e. The number of rotatable bonds is 5. The maximum absolute atomic E-state index is 12.5. The first-order valence-electron chi connectivity index (χ1n) is 8.92. The Kier molecular flexibility index (Phi) is 5.85. The molecule has 0 radical (unpaired) electrons. The van der Waals surface area contributed by atoms with Crippen molar-refractivity contribution in [2.24, 2.45) is 0 Å². The highest BCUT2D eigenvalue weighted by molar-refractivity contribution is 5.95. The molecule has 6 heteroatoms. The van der Waals surface area contributed by atoms with Crippen LogP contribution in [0.4, 0.5) is 0 Å². The lowest BCUT2D eigenvalue weighted by molar-refractivity contribution is 0.0751. The lowest BCUT2D eigenvalue weighted by Crippen LogP contribution is -2.54. The van der Waals surface area contributed by atoms with Gasteiger partial charge in [0.1, 0.15) is 11.3 Å². The molecule has 0 spiro atoms. The van der Waals surface area contributed by atoms with Crippen LogP contribution in [0.5, 0.6) is 0 Å². The molecule has 0 saturated carbocycles. The van der Waals surface area contributed by atoms with E-state index in [1.165, 1.54) is 0 Å². The molecule has 3 N–H and O–H groups in total. The molecule has 2 heterocycles. The second kappa shape index (κ2) is 8.29. The molecule has 1 saturated heterocycles.